The maximum atomic E-state index is 12.0. The van der Waals surface area contributed by atoms with Gasteiger partial charge in [0.1, 0.15) is 12.4 Å². The number of hydrogen-bond acceptors (Lipinski definition) is 4. The summed E-state index contributed by atoms with van der Waals surface area (Å²) in [7, 11) is 0. The number of nitriles is 1. The van der Waals surface area contributed by atoms with Gasteiger partial charge in [-0.3, -0.25) is 9.48 Å². The zero-order chi connectivity index (χ0) is 18.9. The quantitative estimate of drug-likeness (QED) is 0.633. The van der Waals surface area contributed by atoms with Crippen LogP contribution in [0.5, 0.6) is 5.75 Å². The number of rotatable bonds is 9. The molecular formula is C19H23BrN4O2. The fourth-order valence-corrected chi connectivity index (χ4v) is 3.09. The molecule has 2 rings (SSSR count). The molecule has 0 radical (unpaired) electrons. The lowest BCUT2D eigenvalue weighted by atomic mass is 10.1. The van der Waals surface area contributed by atoms with E-state index in [0.29, 0.717) is 39.0 Å². The zero-order valence-electron chi connectivity index (χ0n) is 15.1. The van der Waals surface area contributed by atoms with Crippen molar-refractivity contribution in [2.45, 2.75) is 39.7 Å². The van der Waals surface area contributed by atoms with Crippen LogP contribution >= 0.6 is 15.9 Å². The Kier molecular flexibility index (Phi) is 7.67. The molecule has 0 atom stereocenters. The van der Waals surface area contributed by atoms with E-state index in [9.17, 15) is 4.79 Å². The fraction of sp³-hybridized carbons (Fsp3) is 0.421. The molecule has 0 aliphatic rings. The molecule has 138 valence electrons. The molecule has 0 bridgehead atoms. The van der Waals surface area contributed by atoms with Crippen molar-refractivity contribution in [3.63, 3.8) is 0 Å². The zero-order valence-corrected chi connectivity index (χ0v) is 16.7. The molecule has 26 heavy (non-hydrogen) atoms. The second-order valence-corrected chi connectivity index (χ2v) is 6.85. The van der Waals surface area contributed by atoms with Gasteiger partial charge >= 0.3 is 0 Å². The number of amides is 1. The summed E-state index contributed by atoms with van der Waals surface area (Å²) >= 11 is 3.39. The molecule has 0 spiro atoms. The average Bonchev–Trinajstić information content (AvgIpc) is 2.88. The van der Waals surface area contributed by atoms with Crippen LogP contribution in [-0.2, 0) is 17.8 Å². The summed E-state index contributed by atoms with van der Waals surface area (Å²) in [6.45, 7) is 5.39. The molecular weight excluding hydrogens is 396 g/mol. The lowest BCUT2D eigenvalue weighted by Crippen LogP contribution is -2.28. The lowest BCUT2D eigenvalue weighted by Gasteiger charge is -2.08. The molecule has 6 nitrogen and oxygen atoms in total. The van der Waals surface area contributed by atoms with E-state index in [1.165, 1.54) is 0 Å². The summed E-state index contributed by atoms with van der Waals surface area (Å²) in [6, 6.07) is 9.72. The number of benzene rings is 1. The van der Waals surface area contributed by atoms with Gasteiger partial charge in [-0.1, -0.05) is 22.0 Å². The molecule has 0 aliphatic heterocycles. The summed E-state index contributed by atoms with van der Waals surface area (Å²) in [6.07, 6.45) is 1.48. The van der Waals surface area contributed by atoms with Crippen molar-refractivity contribution in [2.24, 2.45) is 0 Å². The van der Waals surface area contributed by atoms with E-state index in [0.717, 1.165) is 27.2 Å². The maximum absolute atomic E-state index is 12.0. The van der Waals surface area contributed by atoms with Crippen molar-refractivity contribution in [3.05, 3.63) is 45.7 Å². The summed E-state index contributed by atoms with van der Waals surface area (Å²) in [5.74, 6) is 0.760. The smallest absolute Gasteiger partial charge is 0.220 e. The molecule has 1 amide bonds. The van der Waals surface area contributed by atoms with Crippen LogP contribution in [-0.4, -0.2) is 28.8 Å². The van der Waals surface area contributed by atoms with E-state index in [4.69, 9.17) is 10.00 Å². The number of carbonyl (C=O) groups excluding carboxylic acids is 1. The normalized spacial score (nSPS) is 10.4. The van der Waals surface area contributed by atoms with Crippen LogP contribution in [0.2, 0.25) is 0 Å². The van der Waals surface area contributed by atoms with Crippen molar-refractivity contribution in [2.75, 3.05) is 13.2 Å². The standard InChI is InChI=1S/C19H23BrN4O2/c1-14-18(15(2)24(23-14)11-4-9-21)7-8-19(25)22-10-12-26-17-6-3-5-16(20)13-17/h3,5-6,13H,4,7-8,10-12H2,1-2H3,(H,22,25). The highest BCUT2D eigenvalue weighted by Crippen LogP contribution is 2.17. The second-order valence-electron chi connectivity index (χ2n) is 5.94. The van der Waals surface area contributed by atoms with Crippen molar-refractivity contribution in [1.82, 2.24) is 15.1 Å². The predicted octanol–water partition coefficient (Wildman–Crippen LogP) is 3.30. The molecule has 1 aromatic heterocycles. The minimum absolute atomic E-state index is 0.00795. The number of halogens is 1. The number of hydrogen-bond donors (Lipinski definition) is 1. The third-order valence-electron chi connectivity index (χ3n) is 4.06. The predicted molar refractivity (Wildman–Crippen MR) is 103 cm³/mol. The Balaban J connectivity index is 1.73. The fourth-order valence-electron chi connectivity index (χ4n) is 2.71. The van der Waals surface area contributed by atoms with Crippen LogP contribution < -0.4 is 10.1 Å². The van der Waals surface area contributed by atoms with Crippen molar-refractivity contribution >= 4 is 21.8 Å². The second kappa shape index (κ2) is 9.97. The summed E-state index contributed by atoms with van der Waals surface area (Å²) < 4.78 is 8.40. The van der Waals surface area contributed by atoms with Crippen molar-refractivity contribution < 1.29 is 9.53 Å². The molecule has 1 N–H and O–H groups in total. The van der Waals surface area contributed by atoms with E-state index in [1.54, 1.807) is 0 Å². The van der Waals surface area contributed by atoms with E-state index in [-0.39, 0.29) is 5.91 Å². The first-order chi connectivity index (χ1) is 12.5. The van der Waals surface area contributed by atoms with E-state index in [2.05, 4.69) is 32.4 Å². The molecule has 1 heterocycles. The van der Waals surface area contributed by atoms with Crippen molar-refractivity contribution in [3.8, 4) is 11.8 Å². The summed E-state index contributed by atoms with van der Waals surface area (Å²) in [4.78, 5) is 12.0. The van der Waals surface area contributed by atoms with Crippen LogP contribution in [0, 0.1) is 25.2 Å². The topological polar surface area (TPSA) is 79.9 Å². The van der Waals surface area contributed by atoms with Gasteiger partial charge in [0.25, 0.3) is 0 Å². The van der Waals surface area contributed by atoms with Crippen LogP contribution in [0.1, 0.15) is 29.8 Å². The number of aromatic nitrogens is 2. The van der Waals surface area contributed by atoms with Gasteiger partial charge < -0.3 is 10.1 Å². The first-order valence-corrected chi connectivity index (χ1v) is 9.35. The minimum Gasteiger partial charge on any atom is -0.492 e. The highest BCUT2D eigenvalue weighted by atomic mass is 79.9. The van der Waals surface area contributed by atoms with Crippen LogP contribution in [0.15, 0.2) is 28.7 Å². The van der Waals surface area contributed by atoms with Crippen LogP contribution in [0.3, 0.4) is 0 Å². The highest BCUT2D eigenvalue weighted by molar-refractivity contribution is 9.10. The molecule has 7 heteroatoms. The third-order valence-corrected chi connectivity index (χ3v) is 4.55. The van der Waals surface area contributed by atoms with Gasteiger partial charge in [0.15, 0.2) is 0 Å². The van der Waals surface area contributed by atoms with Crippen LogP contribution in [0.4, 0.5) is 0 Å². The Hall–Kier alpha value is -2.33. The molecule has 0 unspecified atom stereocenters. The largest absolute Gasteiger partial charge is 0.492 e. The molecule has 0 aliphatic carbocycles. The molecule has 2 aromatic rings. The van der Waals surface area contributed by atoms with Gasteiger partial charge in [-0.25, -0.2) is 0 Å². The highest BCUT2D eigenvalue weighted by Gasteiger charge is 2.12. The van der Waals surface area contributed by atoms with Gasteiger partial charge in [-0.15, -0.1) is 0 Å². The number of aryl methyl sites for hydroxylation is 2. The first kappa shape index (κ1) is 20.0. The Bertz CT molecular complexity index is 795. The molecule has 0 saturated heterocycles. The number of carbonyl (C=O) groups is 1. The number of ether oxygens (including phenoxy) is 1. The third kappa shape index (κ3) is 5.88. The van der Waals surface area contributed by atoms with Gasteiger partial charge in [-0.05, 0) is 44.0 Å². The Morgan fingerprint density at radius 1 is 1.42 bits per heavy atom. The number of nitrogens with one attached hydrogen (secondary N) is 1. The Morgan fingerprint density at radius 2 is 2.23 bits per heavy atom. The monoisotopic (exact) mass is 418 g/mol. The SMILES string of the molecule is Cc1nn(CCC#N)c(C)c1CCC(=O)NCCOc1cccc(Br)c1. The molecule has 1 aromatic carbocycles. The summed E-state index contributed by atoms with van der Waals surface area (Å²) in [5.41, 5.74) is 3.04. The minimum atomic E-state index is -0.00795. The maximum Gasteiger partial charge on any atom is 0.220 e. The van der Waals surface area contributed by atoms with Gasteiger partial charge in [-0.2, -0.15) is 10.4 Å². The van der Waals surface area contributed by atoms with E-state index in [1.807, 2.05) is 42.8 Å². The first-order valence-electron chi connectivity index (χ1n) is 8.56. The van der Waals surface area contributed by atoms with Gasteiger partial charge in [0.2, 0.25) is 5.91 Å². The lowest BCUT2D eigenvalue weighted by molar-refractivity contribution is -0.121. The molecule has 0 saturated carbocycles. The Labute approximate surface area is 162 Å². The van der Waals surface area contributed by atoms with Crippen LogP contribution in [0.25, 0.3) is 0 Å². The van der Waals surface area contributed by atoms with Gasteiger partial charge in [0.05, 0.1) is 31.3 Å². The van der Waals surface area contributed by atoms with Crippen molar-refractivity contribution in [1.29, 1.82) is 5.26 Å². The average molecular weight is 419 g/mol. The van der Waals surface area contributed by atoms with E-state index >= 15 is 0 Å². The number of nitrogens with zero attached hydrogens (tertiary/aromatic N) is 3. The summed E-state index contributed by atoms with van der Waals surface area (Å²) in [5, 5.41) is 16.0. The Morgan fingerprint density at radius 3 is 2.96 bits per heavy atom. The van der Waals surface area contributed by atoms with E-state index < -0.39 is 0 Å². The van der Waals surface area contributed by atoms with Gasteiger partial charge in [0, 0.05) is 16.6 Å². The molecule has 0 fully saturated rings.